The molecule has 1 rings (SSSR count). The summed E-state index contributed by atoms with van der Waals surface area (Å²) < 4.78 is 39.5. The number of alkyl halides is 3. The van der Waals surface area contributed by atoms with E-state index < -0.39 is 12.1 Å². The average Bonchev–Trinajstić information content (AvgIpc) is 2.09. The number of hydrogen-bond donors (Lipinski definition) is 1. The summed E-state index contributed by atoms with van der Waals surface area (Å²) in [4.78, 5) is 0. The molecule has 0 fully saturated rings. The van der Waals surface area contributed by atoms with Crippen LogP contribution in [0, 0.1) is 0 Å². The van der Waals surface area contributed by atoms with Crippen molar-refractivity contribution in [3.63, 3.8) is 0 Å². The molecule has 0 heterocycles. The molecule has 0 saturated carbocycles. The van der Waals surface area contributed by atoms with Gasteiger partial charge in [-0.1, -0.05) is 17.7 Å². The Morgan fingerprint density at radius 2 is 2.00 bits per heavy atom. The highest BCUT2D eigenvalue weighted by molar-refractivity contribution is 6.32. The van der Waals surface area contributed by atoms with Gasteiger partial charge in [0.05, 0.1) is 5.02 Å². The molecule has 0 aromatic heterocycles. The first-order chi connectivity index (χ1) is 6.92. The van der Waals surface area contributed by atoms with Crippen molar-refractivity contribution in [2.24, 2.45) is 5.73 Å². The molecule has 0 bridgehead atoms. The number of benzene rings is 1. The maximum Gasteiger partial charge on any atom is 0.573 e. The maximum absolute atomic E-state index is 11.9. The van der Waals surface area contributed by atoms with Crippen LogP contribution in [0.1, 0.15) is 5.56 Å². The van der Waals surface area contributed by atoms with Crippen LogP contribution in [0.25, 0.3) is 0 Å². The van der Waals surface area contributed by atoms with E-state index in [1.54, 1.807) is 6.07 Å². The Morgan fingerprint density at radius 1 is 1.33 bits per heavy atom. The number of nitrogens with two attached hydrogens (primary N) is 1. The van der Waals surface area contributed by atoms with Gasteiger partial charge in [-0.25, -0.2) is 0 Å². The van der Waals surface area contributed by atoms with Crippen molar-refractivity contribution in [2.75, 3.05) is 6.54 Å². The fourth-order valence-electron chi connectivity index (χ4n) is 1.07. The SMILES string of the molecule is NCCc1ccc(Cl)c(OC(F)(F)F)c1. The highest BCUT2D eigenvalue weighted by Gasteiger charge is 2.32. The van der Waals surface area contributed by atoms with Gasteiger partial charge in [-0.2, -0.15) is 0 Å². The minimum absolute atomic E-state index is 0.0758. The minimum atomic E-state index is -4.73. The van der Waals surface area contributed by atoms with Crippen LogP contribution in [0.15, 0.2) is 18.2 Å². The van der Waals surface area contributed by atoms with Crippen molar-refractivity contribution in [1.82, 2.24) is 0 Å². The van der Waals surface area contributed by atoms with E-state index >= 15 is 0 Å². The molecular weight excluding hydrogens is 231 g/mol. The monoisotopic (exact) mass is 239 g/mol. The summed E-state index contributed by atoms with van der Waals surface area (Å²) in [6, 6.07) is 4.20. The summed E-state index contributed by atoms with van der Waals surface area (Å²) in [5.74, 6) is -0.393. The summed E-state index contributed by atoms with van der Waals surface area (Å²) in [5.41, 5.74) is 5.93. The Bertz CT molecular complexity index is 341. The number of hydrogen-bond acceptors (Lipinski definition) is 2. The standard InChI is InChI=1S/C9H9ClF3NO/c10-7-2-1-6(3-4-14)5-8(7)15-9(11,12)13/h1-2,5H,3-4,14H2. The molecule has 84 valence electrons. The van der Waals surface area contributed by atoms with Crippen LogP contribution < -0.4 is 10.5 Å². The van der Waals surface area contributed by atoms with Crippen molar-refractivity contribution in [3.8, 4) is 5.75 Å². The second-order valence-electron chi connectivity index (χ2n) is 2.85. The molecular formula is C9H9ClF3NO. The van der Waals surface area contributed by atoms with Crippen molar-refractivity contribution in [1.29, 1.82) is 0 Å². The zero-order chi connectivity index (χ0) is 11.5. The fraction of sp³-hybridized carbons (Fsp3) is 0.333. The molecule has 0 atom stereocenters. The third kappa shape index (κ3) is 3.97. The molecule has 0 aliphatic carbocycles. The van der Waals surface area contributed by atoms with E-state index in [1.807, 2.05) is 0 Å². The molecule has 2 nitrogen and oxygen atoms in total. The largest absolute Gasteiger partial charge is 0.573 e. The molecule has 0 amide bonds. The first-order valence-electron chi connectivity index (χ1n) is 4.16. The second-order valence-corrected chi connectivity index (χ2v) is 3.26. The van der Waals surface area contributed by atoms with Crippen LogP contribution in [0.5, 0.6) is 5.75 Å². The third-order valence-electron chi connectivity index (χ3n) is 1.65. The third-order valence-corrected chi connectivity index (χ3v) is 1.97. The highest BCUT2D eigenvalue weighted by Crippen LogP contribution is 2.30. The molecule has 0 unspecified atom stereocenters. The van der Waals surface area contributed by atoms with Crippen LogP contribution in [0.4, 0.5) is 13.2 Å². The van der Waals surface area contributed by atoms with Crippen molar-refractivity contribution in [3.05, 3.63) is 28.8 Å². The Kier molecular flexibility index (Phi) is 3.82. The van der Waals surface area contributed by atoms with Crippen LogP contribution in [0.2, 0.25) is 5.02 Å². The lowest BCUT2D eigenvalue weighted by Gasteiger charge is -2.11. The quantitative estimate of drug-likeness (QED) is 0.880. The molecule has 6 heteroatoms. The predicted octanol–water partition coefficient (Wildman–Crippen LogP) is 2.74. The molecule has 0 radical (unpaired) electrons. The van der Waals surface area contributed by atoms with E-state index in [-0.39, 0.29) is 5.02 Å². The topological polar surface area (TPSA) is 35.2 Å². The molecule has 0 saturated heterocycles. The molecule has 15 heavy (non-hydrogen) atoms. The van der Waals surface area contributed by atoms with E-state index in [0.29, 0.717) is 18.5 Å². The summed E-state index contributed by atoms with van der Waals surface area (Å²) in [6.45, 7) is 0.354. The van der Waals surface area contributed by atoms with Gasteiger partial charge >= 0.3 is 6.36 Å². The van der Waals surface area contributed by atoms with E-state index in [4.69, 9.17) is 17.3 Å². The molecule has 2 N–H and O–H groups in total. The molecule has 0 aliphatic heterocycles. The molecule has 1 aromatic carbocycles. The summed E-state index contributed by atoms with van der Waals surface area (Å²) in [5, 5.41) is -0.0758. The first kappa shape index (κ1) is 12.1. The van der Waals surface area contributed by atoms with Crippen LogP contribution in [0.3, 0.4) is 0 Å². The van der Waals surface area contributed by atoms with E-state index in [0.717, 1.165) is 0 Å². The van der Waals surface area contributed by atoms with Gasteiger partial charge < -0.3 is 10.5 Å². The van der Waals surface area contributed by atoms with E-state index in [1.165, 1.54) is 12.1 Å². The predicted molar refractivity (Wildman–Crippen MR) is 50.9 cm³/mol. The van der Waals surface area contributed by atoms with Gasteiger partial charge in [-0.15, -0.1) is 13.2 Å². The zero-order valence-electron chi connectivity index (χ0n) is 7.64. The average molecular weight is 240 g/mol. The molecule has 1 aromatic rings. The zero-order valence-corrected chi connectivity index (χ0v) is 8.40. The van der Waals surface area contributed by atoms with Gasteiger partial charge in [0.2, 0.25) is 0 Å². The van der Waals surface area contributed by atoms with Gasteiger partial charge in [0.1, 0.15) is 5.75 Å². The van der Waals surface area contributed by atoms with Crippen LogP contribution >= 0.6 is 11.6 Å². The Hall–Kier alpha value is -0.940. The maximum atomic E-state index is 11.9. The normalized spacial score (nSPS) is 11.5. The second kappa shape index (κ2) is 4.72. The number of rotatable bonds is 3. The summed E-state index contributed by atoms with van der Waals surface area (Å²) in [6.07, 6.45) is -4.25. The minimum Gasteiger partial charge on any atom is -0.404 e. The van der Waals surface area contributed by atoms with Gasteiger partial charge in [-0.3, -0.25) is 0 Å². The van der Waals surface area contributed by atoms with Gasteiger partial charge in [0.15, 0.2) is 0 Å². The smallest absolute Gasteiger partial charge is 0.404 e. The van der Waals surface area contributed by atoms with Gasteiger partial charge in [-0.05, 0) is 30.7 Å². The lowest BCUT2D eigenvalue weighted by molar-refractivity contribution is -0.274. The summed E-state index contributed by atoms with van der Waals surface area (Å²) >= 11 is 5.55. The Balaban J connectivity index is 2.90. The molecule has 0 aliphatic rings. The van der Waals surface area contributed by atoms with Crippen LogP contribution in [-0.2, 0) is 6.42 Å². The van der Waals surface area contributed by atoms with Crippen molar-refractivity contribution in [2.45, 2.75) is 12.8 Å². The fourth-order valence-corrected chi connectivity index (χ4v) is 1.23. The van der Waals surface area contributed by atoms with E-state index in [2.05, 4.69) is 4.74 Å². The highest BCUT2D eigenvalue weighted by atomic mass is 35.5. The lowest BCUT2D eigenvalue weighted by atomic mass is 10.1. The van der Waals surface area contributed by atoms with Gasteiger partial charge in [0, 0.05) is 0 Å². The Labute approximate surface area is 89.8 Å². The van der Waals surface area contributed by atoms with Crippen molar-refractivity contribution < 1.29 is 17.9 Å². The van der Waals surface area contributed by atoms with Crippen molar-refractivity contribution >= 4 is 11.6 Å². The number of halogens is 4. The summed E-state index contributed by atoms with van der Waals surface area (Å²) in [7, 11) is 0. The van der Waals surface area contributed by atoms with Crippen LogP contribution in [-0.4, -0.2) is 12.9 Å². The lowest BCUT2D eigenvalue weighted by Crippen LogP contribution is -2.17. The van der Waals surface area contributed by atoms with E-state index in [9.17, 15) is 13.2 Å². The Morgan fingerprint density at radius 3 is 2.53 bits per heavy atom. The first-order valence-corrected chi connectivity index (χ1v) is 4.54. The number of ether oxygens (including phenoxy) is 1. The van der Waals surface area contributed by atoms with Gasteiger partial charge in [0.25, 0.3) is 0 Å². The molecule has 0 spiro atoms.